The zero-order chi connectivity index (χ0) is 13.3. The molecule has 17 heavy (non-hydrogen) atoms. The molecule has 0 aliphatic carbocycles. The first kappa shape index (κ1) is 16.4. The minimum Gasteiger partial charge on any atom is -0.469 e. The molecule has 0 saturated carbocycles. The van der Waals surface area contributed by atoms with Gasteiger partial charge >= 0.3 is 5.97 Å². The number of carbonyl (C=O) groups is 1. The highest BCUT2D eigenvalue weighted by Crippen LogP contribution is 1.98. The Hall–Kier alpha value is -0.610. The molecule has 0 radical (unpaired) electrons. The fourth-order valence-electron chi connectivity index (χ4n) is 1.47. The van der Waals surface area contributed by atoms with Crippen LogP contribution in [0.25, 0.3) is 0 Å². The molecular formula is C13H28N2O2. The van der Waals surface area contributed by atoms with E-state index in [0.717, 1.165) is 19.5 Å². The van der Waals surface area contributed by atoms with Gasteiger partial charge in [-0.1, -0.05) is 6.92 Å². The number of nitrogens with zero attached hydrogens (tertiary/aromatic N) is 1. The summed E-state index contributed by atoms with van der Waals surface area (Å²) in [6.45, 7) is 9.09. The molecule has 0 aromatic heterocycles. The van der Waals surface area contributed by atoms with Crippen molar-refractivity contribution in [3.05, 3.63) is 0 Å². The summed E-state index contributed by atoms with van der Waals surface area (Å²) in [5.74, 6) is -0.199. The van der Waals surface area contributed by atoms with Crippen LogP contribution in [0.1, 0.15) is 33.6 Å². The average molecular weight is 244 g/mol. The molecular weight excluding hydrogens is 216 g/mol. The van der Waals surface area contributed by atoms with Crippen LogP contribution in [-0.2, 0) is 9.53 Å². The second kappa shape index (κ2) is 9.42. The molecule has 102 valence electrons. The predicted octanol–water partition coefficient (Wildman–Crippen LogP) is 1.51. The Morgan fingerprint density at radius 3 is 2.47 bits per heavy atom. The van der Waals surface area contributed by atoms with Gasteiger partial charge in [0.15, 0.2) is 0 Å². The molecule has 0 aromatic carbocycles. The molecule has 1 unspecified atom stereocenters. The highest BCUT2D eigenvalue weighted by atomic mass is 16.5. The van der Waals surface area contributed by atoms with Crippen molar-refractivity contribution in [1.29, 1.82) is 0 Å². The van der Waals surface area contributed by atoms with E-state index in [-0.39, 0.29) is 11.9 Å². The van der Waals surface area contributed by atoms with Gasteiger partial charge in [-0.25, -0.2) is 0 Å². The van der Waals surface area contributed by atoms with E-state index in [1.165, 1.54) is 13.5 Å². The van der Waals surface area contributed by atoms with E-state index >= 15 is 0 Å². The lowest BCUT2D eigenvalue weighted by Crippen LogP contribution is -2.29. The number of hydrogen-bond donors (Lipinski definition) is 1. The van der Waals surface area contributed by atoms with Gasteiger partial charge in [0.25, 0.3) is 0 Å². The van der Waals surface area contributed by atoms with Gasteiger partial charge in [0.2, 0.25) is 0 Å². The van der Waals surface area contributed by atoms with Gasteiger partial charge in [0, 0.05) is 12.6 Å². The van der Waals surface area contributed by atoms with Crippen molar-refractivity contribution in [2.45, 2.75) is 39.7 Å². The summed E-state index contributed by atoms with van der Waals surface area (Å²) < 4.78 is 4.66. The molecule has 0 aliphatic rings. The fraction of sp³-hybridized carbons (Fsp3) is 0.923. The third-order valence-corrected chi connectivity index (χ3v) is 3.05. The van der Waals surface area contributed by atoms with Crippen molar-refractivity contribution in [1.82, 2.24) is 10.2 Å². The fourth-order valence-corrected chi connectivity index (χ4v) is 1.47. The topological polar surface area (TPSA) is 41.6 Å². The molecule has 0 bridgehead atoms. The van der Waals surface area contributed by atoms with Crippen LogP contribution in [0.4, 0.5) is 0 Å². The smallest absolute Gasteiger partial charge is 0.309 e. The number of nitrogens with one attached hydrogen (secondary N) is 1. The van der Waals surface area contributed by atoms with Crippen molar-refractivity contribution in [3.8, 4) is 0 Å². The van der Waals surface area contributed by atoms with Crippen LogP contribution >= 0.6 is 0 Å². The molecule has 1 atom stereocenters. The maximum atomic E-state index is 11.1. The molecule has 0 amide bonds. The molecule has 0 saturated heterocycles. The highest BCUT2D eigenvalue weighted by molar-refractivity contribution is 5.71. The Labute approximate surface area is 106 Å². The first-order valence-electron chi connectivity index (χ1n) is 6.47. The van der Waals surface area contributed by atoms with Crippen molar-refractivity contribution in [2.75, 3.05) is 33.8 Å². The molecule has 0 spiro atoms. The van der Waals surface area contributed by atoms with Crippen molar-refractivity contribution in [2.24, 2.45) is 5.92 Å². The number of hydrogen-bond acceptors (Lipinski definition) is 4. The second-order valence-corrected chi connectivity index (χ2v) is 4.91. The quantitative estimate of drug-likeness (QED) is 0.493. The summed E-state index contributed by atoms with van der Waals surface area (Å²) in [4.78, 5) is 13.5. The third kappa shape index (κ3) is 8.16. The van der Waals surface area contributed by atoms with E-state index in [2.05, 4.69) is 35.8 Å². The Morgan fingerprint density at radius 2 is 1.94 bits per heavy atom. The molecule has 4 nitrogen and oxygen atoms in total. The van der Waals surface area contributed by atoms with Crippen molar-refractivity contribution >= 4 is 5.97 Å². The summed E-state index contributed by atoms with van der Waals surface area (Å²) in [5.41, 5.74) is 0. The third-order valence-electron chi connectivity index (χ3n) is 3.05. The Kier molecular flexibility index (Phi) is 9.09. The molecule has 0 aliphatic heterocycles. The van der Waals surface area contributed by atoms with Crippen LogP contribution in [0.2, 0.25) is 0 Å². The molecule has 1 N–H and O–H groups in total. The summed E-state index contributed by atoms with van der Waals surface area (Å²) in [6.07, 6.45) is 2.33. The normalized spacial score (nSPS) is 13.1. The van der Waals surface area contributed by atoms with Gasteiger partial charge in [-0.2, -0.15) is 0 Å². The van der Waals surface area contributed by atoms with Crippen LogP contribution < -0.4 is 5.32 Å². The summed E-state index contributed by atoms with van der Waals surface area (Å²) in [5, 5.41) is 3.28. The number of rotatable bonds is 9. The maximum Gasteiger partial charge on any atom is 0.309 e. The van der Waals surface area contributed by atoms with E-state index in [0.29, 0.717) is 12.6 Å². The van der Waals surface area contributed by atoms with Crippen LogP contribution in [0.3, 0.4) is 0 Å². The Balaban J connectivity index is 3.38. The first-order valence-corrected chi connectivity index (χ1v) is 6.47. The van der Waals surface area contributed by atoms with E-state index in [9.17, 15) is 4.79 Å². The monoisotopic (exact) mass is 244 g/mol. The van der Waals surface area contributed by atoms with E-state index in [4.69, 9.17) is 0 Å². The average Bonchev–Trinajstić information content (AvgIpc) is 2.31. The number of methoxy groups -OCH3 is 1. The van der Waals surface area contributed by atoms with E-state index in [1.807, 2.05) is 6.92 Å². The largest absolute Gasteiger partial charge is 0.469 e. The van der Waals surface area contributed by atoms with Gasteiger partial charge in [-0.3, -0.25) is 4.79 Å². The van der Waals surface area contributed by atoms with Crippen LogP contribution in [0.15, 0.2) is 0 Å². The maximum absolute atomic E-state index is 11.1. The molecule has 0 heterocycles. The van der Waals surface area contributed by atoms with Crippen LogP contribution in [0, 0.1) is 5.92 Å². The zero-order valence-corrected chi connectivity index (χ0v) is 12.0. The van der Waals surface area contributed by atoms with Crippen LogP contribution in [-0.4, -0.2) is 50.7 Å². The van der Waals surface area contributed by atoms with E-state index in [1.54, 1.807) is 0 Å². The lowest BCUT2D eigenvalue weighted by atomic mass is 10.2. The molecule has 0 rings (SSSR count). The Bertz CT molecular complexity index is 208. The van der Waals surface area contributed by atoms with Crippen molar-refractivity contribution < 1.29 is 9.53 Å². The number of carbonyl (C=O) groups excluding carboxylic acids is 1. The van der Waals surface area contributed by atoms with Gasteiger partial charge in [0.1, 0.15) is 0 Å². The number of unbranched alkanes of at least 4 members (excludes halogenated alkanes) is 1. The molecule has 0 fully saturated rings. The summed E-state index contributed by atoms with van der Waals surface area (Å²) in [6, 6.07) is 0.613. The summed E-state index contributed by atoms with van der Waals surface area (Å²) in [7, 11) is 3.58. The van der Waals surface area contributed by atoms with E-state index < -0.39 is 0 Å². The number of ether oxygens (including phenoxy) is 1. The lowest BCUT2D eigenvalue weighted by Gasteiger charge is -2.20. The first-order chi connectivity index (χ1) is 7.99. The van der Waals surface area contributed by atoms with Gasteiger partial charge in [-0.15, -0.1) is 0 Å². The standard InChI is InChI=1S/C13H28N2O2/c1-11(2)15(4)9-7-6-8-14-10-12(3)13(16)17-5/h11-12,14H,6-10H2,1-5H3. The predicted molar refractivity (Wildman–Crippen MR) is 71.0 cm³/mol. The van der Waals surface area contributed by atoms with Crippen LogP contribution in [0.5, 0.6) is 0 Å². The minimum atomic E-state index is -0.142. The summed E-state index contributed by atoms with van der Waals surface area (Å²) >= 11 is 0. The highest BCUT2D eigenvalue weighted by Gasteiger charge is 2.11. The van der Waals surface area contributed by atoms with Crippen molar-refractivity contribution in [3.63, 3.8) is 0 Å². The lowest BCUT2D eigenvalue weighted by molar-refractivity contribution is -0.144. The Morgan fingerprint density at radius 1 is 1.29 bits per heavy atom. The SMILES string of the molecule is COC(=O)C(C)CNCCCCN(C)C(C)C. The second-order valence-electron chi connectivity index (χ2n) is 4.91. The molecule has 4 heteroatoms. The zero-order valence-electron chi connectivity index (χ0n) is 12.0. The minimum absolute atomic E-state index is 0.0571. The molecule has 0 aromatic rings. The van der Waals surface area contributed by atoms with Gasteiger partial charge in [-0.05, 0) is 46.8 Å². The van der Waals surface area contributed by atoms with Gasteiger partial charge in [0.05, 0.1) is 13.0 Å². The van der Waals surface area contributed by atoms with Gasteiger partial charge < -0.3 is 15.0 Å². The number of esters is 1.